The lowest BCUT2D eigenvalue weighted by Crippen LogP contribution is -2.19. The summed E-state index contributed by atoms with van der Waals surface area (Å²) in [5.74, 6) is 3.07. The fourth-order valence-corrected chi connectivity index (χ4v) is 12.2. The zero-order chi connectivity index (χ0) is 39.5. The highest BCUT2D eigenvalue weighted by atomic mass is 15.1. The highest BCUT2D eigenvalue weighted by Gasteiger charge is 2.42. The van der Waals surface area contributed by atoms with Gasteiger partial charge in [-0.05, 0) is 136 Å². The molecule has 4 aliphatic carbocycles. The first-order chi connectivity index (χ1) is 29.0. The van der Waals surface area contributed by atoms with Crippen molar-refractivity contribution in [2.75, 3.05) is 4.90 Å². The van der Waals surface area contributed by atoms with Gasteiger partial charge in [-0.25, -0.2) is 0 Å². The molecule has 3 atom stereocenters. The van der Waals surface area contributed by atoms with Crippen LogP contribution >= 0.6 is 0 Å². The average molecular weight is 766 g/mol. The Morgan fingerprint density at radius 2 is 1.15 bits per heavy atom. The van der Waals surface area contributed by atoms with Gasteiger partial charge in [0.25, 0.3) is 0 Å². The van der Waals surface area contributed by atoms with Crippen LogP contribution in [-0.2, 0) is 5.41 Å². The summed E-state index contributed by atoms with van der Waals surface area (Å²) in [6, 6.07) is 62.5. The van der Waals surface area contributed by atoms with Crippen LogP contribution in [0.25, 0.3) is 44.5 Å². The molecule has 0 spiro atoms. The van der Waals surface area contributed by atoms with E-state index in [0.717, 1.165) is 11.8 Å². The lowest BCUT2D eigenvalue weighted by atomic mass is 9.78. The number of hydrogen-bond acceptors (Lipinski definition) is 1. The second kappa shape index (κ2) is 14.9. The van der Waals surface area contributed by atoms with Gasteiger partial charge in [0, 0.05) is 22.2 Å². The average Bonchev–Trinajstić information content (AvgIpc) is 4.00. The predicted molar refractivity (Wildman–Crippen MR) is 249 cm³/mol. The molecule has 3 fully saturated rings. The molecular weight excluding hydrogens is 711 g/mol. The number of benzene rings is 7. The second-order valence-electron chi connectivity index (χ2n) is 18.6. The Balaban J connectivity index is 1.16. The van der Waals surface area contributed by atoms with Crippen LogP contribution in [0.15, 0.2) is 164 Å². The summed E-state index contributed by atoms with van der Waals surface area (Å²) in [7, 11) is 0. The maximum Gasteiger partial charge on any atom is 0.0543 e. The summed E-state index contributed by atoms with van der Waals surface area (Å²) in [5, 5.41) is 0. The third kappa shape index (κ3) is 6.19. The van der Waals surface area contributed by atoms with Gasteiger partial charge in [0.2, 0.25) is 0 Å². The van der Waals surface area contributed by atoms with Crippen molar-refractivity contribution in [2.24, 2.45) is 11.8 Å². The summed E-state index contributed by atoms with van der Waals surface area (Å²) >= 11 is 0. The van der Waals surface area contributed by atoms with E-state index in [1.807, 2.05) is 0 Å². The molecule has 7 aromatic rings. The van der Waals surface area contributed by atoms with Gasteiger partial charge in [0.05, 0.1) is 11.4 Å². The molecule has 7 aromatic carbocycles. The molecule has 1 heteroatoms. The van der Waals surface area contributed by atoms with Gasteiger partial charge < -0.3 is 4.90 Å². The van der Waals surface area contributed by atoms with Gasteiger partial charge in [0.15, 0.2) is 0 Å². The standard InChI is InChI=1S/C58H55N/c1-58(2)52-27-16-26-47(41-19-8-4-9-20-41)56(52)50-35-36-54(55(57(50)58)43-21-10-5-11-22-43)59(45-33-31-42(32-34-45)51-38-39-29-30-44(51)37-39)53-28-15-14-25-49(53)48-24-13-12-23-46(48)40-17-6-3-7-18-40/h4-5,8-16,19-28,31-36,39-40,44,51H,3,6-7,17-18,29-30,37-38H2,1-2H3. The van der Waals surface area contributed by atoms with Crippen LogP contribution in [0.1, 0.15) is 106 Å². The van der Waals surface area contributed by atoms with Gasteiger partial charge in [-0.2, -0.15) is 0 Å². The third-order valence-corrected chi connectivity index (χ3v) is 15.0. The lowest BCUT2D eigenvalue weighted by molar-refractivity contribution is 0.420. The molecule has 0 aromatic heterocycles. The van der Waals surface area contributed by atoms with Crippen molar-refractivity contribution >= 4 is 17.1 Å². The molecule has 2 bridgehead atoms. The maximum absolute atomic E-state index is 2.62. The largest absolute Gasteiger partial charge is 0.309 e. The van der Waals surface area contributed by atoms with E-state index in [4.69, 9.17) is 0 Å². The maximum atomic E-state index is 2.62. The van der Waals surface area contributed by atoms with Crippen LogP contribution in [0.3, 0.4) is 0 Å². The molecule has 292 valence electrons. The van der Waals surface area contributed by atoms with Crippen molar-refractivity contribution in [1.29, 1.82) is 0 Å². The highest BCUT2D eigenvalue weighted by Crippen LogP contribution is 2.59. The summed E-state index contributed by atoms with van der Waals surface area (Å²) in [6.45, 7) is 4.90. The van der Waals surface area contributed by atoms with Crippen molar-refractivity contribution in [2.45, 2.75) is 88.9 Å². The van der Waals surface area contributed by atoms with Gasteiger partial charge in [-0.3, -0.25) is 0 Å². The van der Waals surface area contributed by atoms with E-state index in [9.17, 15) is 0 Å². The molecule has 0 aliphatic heterocycles. The smallest absolute Gasteiger partial charge is 0.0543 e. The first-order valence-electron chi connectivity index (χ1n) is 22.5. The summed E-state index contributed by atoms with van der Waals surface area (Å²) in [5.41, 5.74) is 19.8. The van der Waals surface area contributed by atoms with E-state index < -0.39 is 0 Å². The Kier molecular flexibility index (Phi) is 9.18. The van der Waals surface area contributed by atoms with Crippen molar-refractivity contribution in [3.05, 3.63) is 186 Å². The second-order valence-corrected chi connectivity index (χ2v) is 18.6. The summed E-state index contributed by atoms with van der Waals surface area (Å²) in [4.78, 5) is 2.62. The summed E-state index contributed by atoms with van der Waals surface area (Å²) < 4.78 is 0. The van der Waals surface area contributed by atoms with Crippen molar-refractivity contribution in [3.8, 4) is 44.5 Å². The van der Waals surface area contributed by atoms with E-state index in [1.165, 1.54) is 142 Å². The lowest BCUT2D eigenvalue weighted by Gasteiger charge is -2.34. The third-order valence-electron chi connectivity index (χ3n) is 15.0. The van der Waals surface area contributed by atoms with E-state index in [2.05, 4.69) is 183 Å². The Bertz CT molecular complexity index is 2630. The monoisotopic (exact) mass is 765 g/mol. The van der Waals surface area contributed by atoms with E-state index in [1.54, 1.807) is 0 Å². The number of anilines is 3. The van der Waals surface area contributed by atoms with Crippen molar-refractivity contribution < 1.29 is 0 Å². The quantitative estimate of drug-likeness (QED) is 0.149. The molecule has 1 nitrogen and oxygen atoms in total. The minimum absolute atomic E-state index is 0.235. The van der Waals surface area contributed by atoms with Crippen molar-refractivity contribution in [1.82, 2.24) is 0 Å². The van der Waals surface area contributed by atoms with E-state index >= 15 is 0 Å². The van der Waals surface area contributed by atoms with Crippen molar-refractivity contribution in [3.63, 3.8) is 0 Å². The van der Waals surface area contributed by atoms with Crippen LogP contribution in [0.4, 0.5) is 17.1 Å². The first kappa shape index (κ1) is 36.4. The zero-order valence-electron chi connectivity index (χ0n) is 34.7. The molecule has 0 radical (unpaired) electrons. The molecule has 0 heterocycles. The zero-order valence-corrected chi connectivity index (χ0v) is 34.7. The van der Waals surface area contributed by atoms with Crippen LogP contribution < -0.4 is 4.90 Å². The molecule has 0 amide bonds. The number of rotatable bonds is 8. The van der Waals surface area contributed by atoms with Crippen LogP contribution in [0.5, 0.6) is 0 Å². The number of hydrogen-bond donors (Lipinski definition) is 0. The molecule has 3 saturated carbocycles. The highest BCUT2D eigenvalue weighted by molar-refractivity contribution is 6.02. The summed E-state index contributed by atoms with van der Waals surface area (Å²) in [6.07, 6.45) is 12.2. The molecular formula is C58H55N. The molecule has 0 N–H and O–H groups in total. The number of para-hydroxylation sites is 1. The van der Waals surface area contributed by atoms with Crippen LogP contribution in [-0.4, -0.2) is 0 Å². The first-order valence-corrected chi connectivity index (χ1v) is 22.5. The molecule has 4 aliphatic rings. The van der Waals surface area contributed by atoms with Crippen LogP contribution in [0.2, 0.25) is 0 Å². The van der Waals surface area contributed by atoms with Gasteiger partial charge in [0.1, 0.15) is 0 Å². The predicted octanol–water partition coefficient (Wildman–Crippen LogP) is 16.4. The topological polar surface area (TPSA) is 3.24 Å². The van der Waals surface area contributed by atoms with Gasteiger partial charge in [-0.1, -0.05) is 179 Å². The molecule has 11 rings (SSSR count). The molecule has 3 unspecified atom stereocenters. The Hall–Kier alpha value is -5.66. The van der Waals surface area contributed by atoms with Crippen LogP contribution in [0, 0.1) is 11.8 Å². The molecule has 0 saturated heterocycles. The Labute approximate surface area is 351 Å². The minimum Gasteiger partial charge on any atom is -0.309 e. The number of nitrogens with zero attached hydrogens (tertiary/aromatic N) is 1. The van der Waals surface area contributed by atoms with Gasteiger partial charge >= 0.3 is 0 Å². The number of fused-ring (bicyclic) bond motifs is 5. The fourth-order valence-electron chi connectivity index (χ4n) is 12.2. The fraction of sp³-hybridized carbons (Fsp3) is 0.276. The minimum atomic E-state index is -0.235. The molecule has 59 heavy (non-hydrogen) atoms. The Morgan fingerprint density at radius 1 is 0.475 bits per heavy atom. The van der Waals surface area contributed by atoms with E-state index in [0.29, 0.717) is 11.8 Å². The van der Waals surface area contributed by atoms with Gasteiger partial charge in [-0.15, -0.1) is 0 Å². The Morgan fingerprint density at radius 3 is 1.88 bits per heavy atom. The van der Waals surface area contributed by atoms with E-state index in [-0.39, 0.29) is 5.41 Å². The normalized spacial score (nSPS) is 20.3. The SMILES string of the molecule is CC1(C)c2cccc(-c3ccccc3)c2-c2ccc(N(c3ccc(C4CC5CCC4C5)cc3)c3ccccc3-c3ccccc3C3CCCCC3)c(-c3ccccc3)c21.